The second-order valence-corrected chi connectivity index (χ2v) is 4.76. The summed E-state index contributed by atoms with van der Waals surface area (Å²) < 4.78 is 0. The highest BCUT2D eigenvalue weighted by atomic mass is 16.2. The normalized spacial score (nSPS) is 19.1. The Balaban J connectivity index is 2.10. The number of nitrogens with one attached hydrogen (secondary N) is 1. The van der Waals surface area contributed by atoms with Gasteiger partial charge >= 0.3 is 0 Å². The molecule has 1 aromatic carbocycles. The Morgan fingerprint density at radius 3 is 2.94 bits per heavy atom. The number of amides is 2. The average Bonchev–Trinajstić information content (AvgIpc) is 2.67. The minimum absolute atomic E-state index is 0.177. The number of hydrogen-bond acceptors (Lipinski definition) is 3. The molecule has 18 heavy (non-hydrogen) atoms. The minimum atomic E-state index is -0.321. The molecule has 0 aromatic heterocycles. The van der Waals surface area contributed by atoms with E-state index in [0.29, 0.717) is 24.4 Å². The number of nitrogens with zero attached hydrogens (tertiary/aromatic N) is 1. The van der Waals surface area contributed by atoms with E-state index in [1.165, 1.54) is 0 Å². The first-order valence-corrected chi connectivity index (χ1v) is 5.98. The Kier molecular flexibility index (Phi) is 3.62. The van der Waals surface area contributed by atoms with Crippen molar-refractivity contribution in [1.29, 1.82) is 0 Å². The van der Waals surface area contributed by atoms with E-state index in [-0.39, 0.29) is 11.8 Å². The minimum Gasteiger partial charge on any atom is -0.338 e. The van der Waals surface area contributed by atoms with E-state index in [1.807, 2.05) is 11.0 Å². The lowest BCUT2D eigenvalue weighted by atomic mass is 10.1. The monoisotopic (exact) mass is 247 g/mol. The molecule has 1 saturated heterocycles. The van der Waals surface area contributed by atoms with Crippen LogP contribution in [-0.4, -0.2) is 23.3 Å². The van der Waals surface area contributed by atoms with Gasteiger partial charge in [-0.15, -0.1) is 0 Å². The smallest absolute Gasteiger partial charge is 0.265 e. The van der Waals surface area contributed by atoms with Gasteiger partial charge in [-0.05, 0) is 23.6 Å². The van der Waals surface area contributed by atoms with Crippen LogP contribution in [0.4, 0.5) is 0 Å². The van der Waals surface area contributed by atoms with Crippen molar-refractivity contribution in [2.75, 3.05) is 6.54 Å². The Morgan fingerprint density at radius 2 is 2.33 bits per heavy atom. The zero-order valence-corrected chi connectivity index (χ0v) is 10.3. The second-order valence-electron chi connectivity index (χ2n) is 4.76. The lowest BCUT2D eigenvalue weighted by Crippen LogP contribution is -2.30. The van der Waals surface area contributed by atoms with Gasteiger partial charge < -0.3 is 4.90 Å². The predicted molar refractivity (Wildman–Crippen MR) is 67.3 cm³/mol. The number of carbonyl (C=O) groups excluding carboxylic acids is 2. The third-order valence-corrected chi connectivity index (χ3v) is 3.10. The molecule has 1 aromatic rings. The summed E-state index contributed by atoms with van der Waals surface area (Å²) in [7, 11) is 0. The first-order chi connectivity index (χ1) is 8.60. The largest absolute Gasteiger partial charge is 0.338 e. The molecule has 0 saturated carbocycles. The van der Waals surface area contributed by atoms with Crippen molar-refractivity contribution in [1.82, 2.24) is 10.3 Å². The zero-order valence-electron chi connectivity index (χ0n) is 10.3. The van der Waals surface area contributed by atoms with Gasteiger partial charge in [-0.3, -0.25) is 15.0 Å². The fourth-order valence-corrected chi connectivity index (χ4v) is 2.24. The summed E-state index contributed by atoms with van der Waals surface area (Å²) >= 11 is 0. The summed E-state index contributed by atoms with van der Waals surface area (Å²) in [5.41, 5.74) is 3.55. The second kappa shape index (κ2) is 5.18. The van der Waals surface area contributed by atoms with Crippen molar-refractivity contribution in [2.24, 2.45) is 11.8 Å². The SMILES string of the molecule is CC1CC(=O)N(Cc2cccc(C(=O)NN)c2)C1. The van der Waals surface area contributed by atoms with E-state index < -0.39 is 0 Å². The van der Waals surface area contributed by atoms with Gasteiger partial charge in [0.1, 0.15) is 0 Å². The van der Waals surface area contributed by atoms with Crippen LogP contribution in [0.25, 0.3) is 0 Å². The highest BCUT2D eigenvalue weighted by Crippen LogP contribution is 2.19. The van der Waals surface area contributed by atoms with Crippen LogP contribution in [0.5, 0.6) is 0 Å². The van der Waals surface area contributed by atoms with Gasteiger partial charge in [0.05, 0.1) is 0 Å². The van der Waals surface area contributed by atoms with Gasteiger partial charge in [0.25, 0.3) is 5.91 Å². The number of likely N-dealkylation sites (tertiary alicyclic amines) is 1. The third-order valence-electron chi connectivity index (χ3n) is 3.10. The number of benzene rings is 1. The molecule has 5 heteroatoms. The fourth-order valence-electron chi connectivity index (χ4n) is 2.24. The van der Waals surface area contributed by atoms with Crippen LogP contribution in [0.3, 0.4) is 0 Å². The van der Waals surface area contributed by atoms with E-state index in [1.54, 1.807) is 18.2 Å². The maximum absolute atomic E-state index is 11.7. The van der Waals surface area contributed by atoms with Crippen molar-refractivity contribution in [3.05, 3.63) is 35.4 Å². The summed E-state index contributed by atoms with van der Waals surface area (Å²) in [5, 5.41) is 0. The molecule has 0 spiro atoms. The highest BCUT2D eigenvalue weighted by Gasteiger charge is 2.26. The first kappa shape index (κ1) is 12.6. The lowest BCUT2D eigenvalue weighted by Gasteiger charge is -2.16. The molecule has 0 bridgehead atoms. The summed E-state index contributed by atoms with van der Waals surface area (Å²) in [6.07, 6.45) is 0.614. The number of nitrogen functional groups attached to an aromatic ring is 1. The summed E-state index contributed by atoms with van der Waals surface area (Å²) in [6.45, 7) is 3.40. The number of rotatable bonds is 3. The van der Waals surface area contributed by atoms with Crippen LogP contribution < -0.4 is 11.3 Å². The number of hydrazine groups is 1. The van der Waals surface area contributed by atoms with E-state index in [0.717, 1.165) is 12.1 Å². The van der Waals surface area contributed by atoms with E-state index in [2.05, 4.69) is 12.3 Å². The average molecular weight is 247 g/mol. The van der Waals surface area contributed by atoms with Crippen LogP contribution >= 0.6 is 0 Å². The number of hydrogen-bond donors (Lipinski definition) is 2. The molecule has 2 amide bonds. The zero-order chi connectivity index (χ0) is 13.1. The van der Waals surface area contributed by atoms with Gasteiger partial charge in [-0.25, -0.2) is 5.84 Å². The molecular formula is C13H17N3O2. The predicted octanol–water partition coefficient (Wildman–Crippen LogP) is 0.659. The summed E-state index contributed by atoms with van der Waals surface area (Å²) in [6, 6.07) is 7.16. The topological polar surface area (TPSA) is 75.4 Å². The molecule has 0 aliphatic carbocycles. The van der Waals surface area contributed by atoms with E-state index in [9.17, 15) is 9.59 Å². The van der Waals surface area contributed by atoms with Gasteiger partial charge in [0.15, 0.2) is 0 Å². The molecule has 96 valence electrons. The molecule has 2 rings (SSSR count). The quantitative estimate of drug-likeness (QED) is 0.468. The Labute approximate surface area is 106 Å². The number of carbonyl (C=O) groups is 2. The van der Waals surface area contributed by atoms with Crippen LogP contribution in [-0.2, 0) is 11.3 Å². The molecular weight excluding hydrogens is 230 g/mol. The van der Waals surface area contributed by atoms with Crippen LogP contribution in [0.2, 0.25) is 0 Å². The van der Waals surface area contributed by atoms with Crippen LogP contribution in [0.15, 0.2) is 24.3 Å². The lowest BCUT2D eigenvalue weighted by molar-refractivity contribution is -0.128. The van der Waals surface area contributed by atoms with Gasteiger partial charge in [0.2, 0.25) is 5.91 Å². The molecule has 5 nitrogen and oxygen atoms in total. The molecule has 1 fully saturated rings. The van der Waals surface area contributed by atoms with Gasteiger partial charge in [0, 0.05) is 25.1 Å². The first-order valence-electron chi connectivity index (χ1n) is 5.98. The Bertz CT molecular complexity index is 473. The Hall–Kier alpha value is -1.88. The number of nitrogens with two attached hydrogens (primary N) is 1. The van der Waals surface area contributed by atoms with E-state index in [4.69, 9.17) is 5.84 Å². The standard InChI is InChI=1S/C13H17N3O2/c1-9-5-12(17)16(7-9)8-10-3-2-4-11(6-10)13(18)15-14/h2-4,6,9H,5,7-8,14H2,1H3,(H,15,18). The highest BCUT2D eigenvalue weighted by molar-refractivity contribution is 5.93. The molecule has 1 aliphatic heterocycles. The Morgan fingerprint density at radius 1 is 1.56 bits per heavy atom. The van der Waals surface area contributed by atoms with Crippen LogP contribution in [0.1, 0.15) is 29.3 Å². The molecule has 1 aliphatic rings. The van der Waals surface area contributed by atoms with Crippen molar-refractivity contribution >= 4 is 11.8 Å². The van der Waals surface area contributed by atoms with Gasteiger partial charge in [-0.1, -0.05) is 19.1 Å². The molecule has 1 heterocycles. The maximum atomic E-state index is 11.7. The molecule has 1 unspecified atom stereocenters. The summed E-state index contributed by atoms with van der Waals surface area (Å²) in [4.78, 5) is 24.9. The maximum Gasteiger partial charge on any atom is 0.265 e. The van der Waals surface area contributed by atoms with Crippen LogP contribution in [0, 0.1) is 5.92 Å². The van der Waals surface area contributed by atoms with E-state index >= 15 is 0 Å². The van der Waals surface area contributed by atoms with Crippen molar-refractivity contribution < 1.29 is 9.59 Å². The molecule has 1 atom stereocenters. The van der Waals surface area contributed by atoms with Crippen molar-refractivity contribution in [2.45, 2.75) is 19.9 Å². The third kappa shape index (κ3) is 2.68. The summed E-state index contributed by atoms with van der Waals surface area (Å²) in [5.74, 6) is 5.36. The molecule has 0 radical (unpaired) electrons. The molecule has 3 N–H and O–H groups in total. The fraction of sp³-hybridized carbons (Fsp3) is 0.385. The van der Waals surface area contributed by atoms with Gasteiger partial charge in [-0.2, -0.15) is 0 Å². The van der Waals surface area contributed by atoms with Crippen molar-refractivity contribution in [3.63, 3.8) is 0 Å². The van der Waals surface area contributed by atoms with Crippen molar-refractivity contribution in [3.8, 4) is 0 Å².